The van der Waals surface area contributed by atoms with Crippen LogP contribution in [0.5, 0.6) is 5.75 Å². The first-order chi connectivity index (χ1) is 18.1. The minimum absolute atomic E-state index is 0.00144. The van der Waals surface area contributed by atoms with Crippen LogP contribution in [0.25, 0.3) is 22.3 Å². The van der Waals surface area contributed by atoms with Crippen LogP contribution in [0.4, 0.5) is 30.7 Å². The lowest BCUT2D eigenvalue weighted by Crippen LogP contribution is -2.25. The summed E-state index contributed by atoms with van der Waals surface area (Å²) in [5.41, 5.74) is 1.79. The van der Waals surface area contributed by atoms with Crippen molar-refractivity contribution in [1.29, 1.82) is 0 Å². The molecule has 38 heavy (non-hydrogen) atoms. The zero-order chi connectivity index (χ0) is 27.0. The summed E-state index contributed by atoms with van der Waals surface area (Å²) in [5.74, 6) is -9.27. The molecule has 0 radical (unpaired) electrons. The van der Waals surface area contributed by atoms with Gasteiger partial charge in [-0.1, -0.05) is 61.4 Å². The van der Waals surface area contributed by atoms with Gasteiger partial charge in [0.2, 0.25) is 0 Å². The lowest BCUT2D eigenvalue weighted by atomic mass is 9.94. The monoisotopic (exact) mass is 530 g/mol. The molecule has 0 unspecified atom stereocenters. The van der Waals surface area contributed by atoms with E-state index in [1.807, 2.05) is 12.1 Å². The molecular formula is C30H21F7O. The number of hydrogen-bond donors (Lipinski definition) is 0. The lowest BCUT2D eigenvalue weighted by Gasteiger charge is -2.20. The Morgan fingerprint density at radius 3 is 1.53 bits per heavy atom. The van der Waals surface area contributed by atoms with Gasteiger partial charge in [-0.3, -0.25) is 0 Å². The molecule has 0 amide bonds. The van der Waals surface area contributed by atoms with Crippen molar-refractivity contribution in [3.8, 4) is 28.0 Å². The Morgan fingerprint density at radius 1 is 0.579 bits per heavy atom. The van der Waals surface area contributed by atoms with Crippen molar-refractivity contribution in [2.24, 2.45) is 0 Å². The zero-order valence-electron chi connectivity index (χ0n) is 19.9. The second-order valence-corrected chi connectivity index (χ2v) is 9.32. The third-order valence-electron chi connectivity index (χ3n) is 6.83. The molecule has 1 aliphatic carbocycles. The van der Waals surface area contributed by atoms with E-state index in [0.29, 0.717) is 23.6 Å². The molecule has 196 valence electrons. The predicted octanol–water partition coefficient (Wildman–Crippen LogP) is 9.50. The maximum atomic E-state index is 14.7. The average molecular weight is 530 g/mol. The van der Waals surface area contributed by atoms with Crippen molar-refractivity contribution in [3.05, 3.63) is 113 Å². The van der Waals surface area contributed by atoms with Gasteiger partial charge in [0, 0.05) is 12.1 Å². The molecule has 0 bridgehead atoms. The average Bonchev–Trinajstić information content (AvgIpc) is 3.42. The maximum Gasteiger partial charge on any atom is 0.432 e. The minimum atomic E-state index is -4.64. The molecule has 8 heteroatoms. The van der Waals surface area contributed by atoms with Gasteiger partial charge in [0.1, 0.15) is 22.9 Å². The molecular weight excluding hydrogens is 509 g/mol. The first-order valence-corrected chi connectivity index (χ1v) is 12.0. The van der Waals surface area contributed by atoms with E-state index in [1.54, 1.807) is 24.3 Å². The fourth-order valence-corrected chi connectivity index (χ4v) is 4.87. The highest BCUT2D eigenvalue weighted by molar-refractivity contribution is 5.71. The molecule has 0 aromatic heterocycles. The number of halogens is 7. The maximum absolute atomic E-state index is 14.7. The number of rotatable bonds is 6. The Balaban J connectivity index is 1.37. The molecule has 1 nitrogen and oxygen atoms in total. The summed E-state index contributed by atoms with van der Waals surface area (Å²) >= 11 is 0. The molecule has 0 saturated heterocycles. The van der Waals surface area contributed by atoms with Crippen LogP contribution < -0.4 is 4.74 Å². The third-order valence-corrected chi connectivity index (χ3v) is 6.83. The van der Waals surface area contributed by atoms with Crippen LogP contribution in [-0.2, 0) is 6.11 Å². The summed E-state index contributed by atoms with van der Waals surface area (Å²) in [6.45, 7) is 0. The van der Waals surface area contributed by atoms with Gasteiger partial charge in [-0.2, -0.15) is 8.78 Å². The van der Waals surface area contributed by atoms with Crippen molar-refractivity contribution >= 4 is 0 Å². The quantitative estimate of drug-likeness (QED) is 0.178. The molecule has 0 N–H and O–H groups in total. The SMILES string of the molecule is Fc1cc(OC(F)(F)c2c(F)cc(-c3ccc(-c4ccc(C5CCCC5)cc4)cc3)cc2F)cc(F)c1F. The van der Waals surface area contributed by atoms with Gasteiger partial charge in [0.25, 0.3) is 0 Å². The zero-order valence-corrected chi connectivity index (χ0v) is 19.9. The van der Waals surface area contributed by atoms with Crippen LogP contribution >= 0.6 is 0 Å². The van der Waals surface area contributed by atoms with Crippen LogP contribution in [0.1, 0.15) is 42.7 Å². The fraction of sp³-hybridized carbons (Fsp3) is 0.200. The number of ether oxygens (including phenoxy) is 1. The van der Waals surface area contributed by atoms with Gasteiger partial charge >= 0.3 is 6.11 Å². The summed E-state index contributed by atoms with van der Waals surface area (Å²) in [7, 11) is 0. The highest BCUT2D eigenvalue weighted by atomic mass is 19.3. The van der Waals surface area contributed by atoms with Crippen LogP contribution in [0.2, 0.25) is 0 Å². The summed E-state index contributed by atoms with van der Waals surface area (Å²) < 4.78 is 103. The van der Waals surface area contributed by atoms with Crippen LogP contribution in [0.15, 0.2) is 72.8 Å². The van der Waals surface area contributed by atoms with E-state index in [-0.39, 0.29) is 17.7 Å². The van der Waals surface area contributed by atoms with Crippen molar-refractivity contribution in [2.45, 2.75) is 37.7 Å². The molecule has 0 atom stereocenters. The number of benzene rings is 4. The van der Waals surface area contributed by atoms with E-state index in [0.717, 1.165) is 11.1 Å². The van der Waals surface area contributed by atoms with Gasteiger partial charge < -0.3 is 4.74 Å². The number of hydrogen-bond acceptors (Lipinski definition) is 1. The Kier molecular flexibility index (Phi) is 6.90. The van der Waals surface area contributed by atoms with E-state index in [2.05, 4.69) is 16.9 Å². The topological polar surface area (TPSA) is 9.23 Å². The number of alkyl halides is 2. The second-order valence-electron chi connectivity index (χ2n) is 9.32. The van der Waals surface area contributed by atoms with E-state index in [1.165, 1.54) is 31.2 Å². The third kappa shape index (κ3) is 5.12. The first kappa shape index (κ1) is 25.8. The largest absolute Gasteiger partial charge is 0.432 e. The van der Waals surface area contributed by atoms with Gasteiger partial charge in [0.05, 0.1) is 0 Å². The Labute approximate surface area is 214 Å². The summed E-state index contributed by atoms with van der Waals surface area (Å²) in [5, 5.41) is 0. The molecule has 1 fully saturated rings. The summed E-state index contributed by atoms with van der Waals surface area (Å²) in [6, 6.07) is 16.8. The molecule has 0 heterocycles. The van der Waals surface area contributed by atoms with Crippen LogP contribution in [0.3, 0.4) is 0 Å². The first-order valence-electron chi connectivity index (χ1n) is 12.0. The lowest BCUT2D eigenvalue weighted by molar-refractivity contribution is -0.189. The molecule has 4 aromatic rings. The fourth-order valence-electron chi connectivity index (χ4n) is 4.87. The molecule has 4 aromatic carbocycles. The Hall–Kier alpha value is -3.81. The van der Waals surface area contributed by atoms with Gasteiger partial charge in [-0.05, 0) is 58.7 Å². The minimum Gasteiger partial charge on any atom is -0.429 e. The summed E-state index contributed by atoms with van der Waals surface area (Å²) in [4.78, 5) is 0. The van der Waals surface area contributed by atoms with Gasteiger partial charge in [-0.25, -0.2) is 22.0 Å². The second kappa shape index (κ2) is 10.2. The van der Waals surface area contributed by atoms with E-state index in [9.17, 15) is 30.7 Å². The standard InChI is InChI=1S/C30H21F7O/c31-24-13-22(14-25(32)28(24)30(36,37)38-23-15-26(33)29(35)27(34)16-23)21-11-9-20(10-12-21)19-7-5-18(6-8-19)17-3-1-2-4-17/h5-17H,1-4H2. The molecule has 5 rings (SSSR count). The van der Waals surface area contributed by atoms with Crippen molar-refractivity contribution in [2.75, 3.05) is 0 Å². The summed E-state index contributed by atoms with van der Waals surface area (Å²) in [6.07, 6.45) is 0.241. The van der Waals surface area contributed by atoms with Crippen LogP contribution in [0, 0.1) is 29.1 Å². The molecule has 1 aliphatic rings. The van der Waals surface area contributed by atoms with E-state index < -0.39 is 46.5 Å². The smallest absolute Gasteiger partial charge is 0.429 e. The Morgan fingerprint density at radius 2 is 1.03 bits per heavy atom. The normalized spacial score (nSPS) is 14.2. The van der Waals surface area contributed by atoms with E-state index >= 15 is 0 Å². The van der Waals surface area contributed by atoms with Crippen molar-refractivity contribution < 1.29 is 35.5 Å². The van der Waals surface area contributed by atoms with Crippen molar-refractivity contribution in [1.82, 2.24) is 0 Å². The molecule has 1 saturated carbocycles. The van der Waals surface area contributed by atoms with E-state index in [4.69, 9.17) is 0 Å². The van der Waals surface area contributed by atoms with Gasteiger partial charge in [0.15, 0.2) is 17.5 Å². The molecule has 0 spiro atoms. The highest BCUT2D eigenvalue weighted by Gasteiger charge is 2.41. The Bertz CT molecular complexity index is 1410. The van der Waals surface area contributed by atoms with Gasteiger partial charge in [-0.15, -0.1) is 0 Å². The molecule has 0 aliphatic heterocycles. The highest BCUT2D eigenvalue weighted by Crippen LogP contribution is 2.38. The van der Waals surface area contributed by atoms with Crippen LogP contribution in [-0.4, -0.2) is 0 Å². The van der Waals surface area contributed by atoms with Crippen molar-refractivity contribution in [3.63, 3.8) is 0 Å². The predicted molar refractivity (Wildman–Crippen MR) is 129 cm³/mol.